The van der Waals surface area contributed by atoms with Gasteiger partial charge in [0, 0.05) is 31.3 Å². The van der Waals surface area contributed by atoms with Crippen molar-refractivity contribution in [2.24, 2.45) is 5.92 Å². The summed E-state index contributed by atoms with van der Waals surface area (Å²) in [5.74, 6) is 1.60. The second-order valence-electron chi connectivity index (χ2n) is 5.21. The van der Waals surface area contributed by atoms with Crippen LogP contribution >= 0.6 is 0 Å². The molecule has 0 aliphatic carbocycles. The van der Waals surface area contributed by atoms with E-state index in [1.165, 1.54) is 0 Å². The highest BCUT2D eigenvalue weighted by molar-refractivity contribution is 5.33. The molecule has 0 bridgehead atoms. The van der Waals surface area contributed by atoms with Crippen molar-refractivity contribution < 1.29 is 0 Å². The van der Waals surface area contributed by atoms with Crippen LogP contribution in [-0.4, -0.2) is 19.5 Å². The SMILES string of the molecule is CCC(Nc1nccn(CC(C)C)c1=O)c1ncc[nH]1. The molecule has 0 aliphatic rings. The van der Waals surface area contributed by atoms with Crippen molar-refractivity contribution in [3.63, 3.8) is 0 Å². The third-order valence-corrected chi connectivity index (χ3v) is 3.04. The van der Waals surface area contributed by atoms with Crippen LogP contribution in [0.3, 0.4) is 0 Å². The van der Waals surface area contributed by atoms with Gasteiger partial charge in [0.2, 0.25) is 0 Å². The van der Waals surface area contributed by atoms with Gasteiger partial charge in [-0.1, -0.05) is 20.8 Å². The van der Waals surface area contributed by atoms with Crippen LogP contribution in [0.15, 0.2) is 29.6 Å². The van der Waals surface area contributed by atoms with E-state index in [2.05, 4.69) is 34.1 Å². The van der Waals surface area contributed by atoms with Gasteiger partial charge < -0.3 is 14.9 Å². The maximum atomic E-state index is 12.3. The van der Waals surface area contributed by atoms with E-state index in [9.17, 15) is 4.79 Å². The Morgan fingerprint density at radius 3 is 2.75 bits per heavy atom. The first kappa shape index (κ1) is 14.3. The Labute approximate surface area is 118 Å². The summed E-state index contributed by atoms with van der Waals surface area (Å²) in [4.78, 5) is 23.8. The van der Waals surface area contributed by atoms with Crippen molar-refractivity contribution >= 4 is 5.82 Å². The quantitative estimate of drug-likeness (QED) is 0.847. The van der Waals surface area contributed by atoms with E-state index in [4.69, 9.17) is 0 Å². The van der Waals surface area contributed by atoms with Crippen LogP contribution in [0.2, 0.25) is 0 Å². The molecule has 1 atom stereocenters. The first-order chi connectivity index (χ1) is 9.61. The molecule has 0 aliphatic heterocycles. The molecule has 108 valence electrons. The number of rotatable bonds is 6. The van der Waals surface area contributed by atoms with E-state index < -0.39 is 0 Å². The molecular weight excluding hydrogens is 254 g/mol. The minimum absolute atomic E-state index is 0.0416. The van der Waals surface area contributed by atoms with E-state index >= 15 is 0 Å². The van der Waals surface area contributed by atoms with E-state index in [-0.39, 0.29) is 11.6 Å². The summed E-state index contributed by atoms with van der Waals surface area (Å²) in [5.41, 5.74) is -0.0915. The highest BCUT2D eigenvalue weighted by Crippen LogP contribution is 2.15. The molecular formula is C14H21N5O. The minimum atomic E-state index is -0.0915. The fourth-order valence-corrected chi connectivity index (χ4v) is 2.08. The summed E-state index contributed by atoms with van der Waals surface area (Å²) in [7, 11) is 0. The number of hydrogen-bond donors (Lipinski definition) is 2. The molecule has 0 fully saturated rings. The van der Waals surface area contributed by atoms with E-state index in [1.807, 2.05) is 6.92 Å². The molecule has 1 unspecified atom stereocenters. The van der Waals surface area contributed by atoms with Gasteiger partial charge in [0.25, 0.3) is 5.56 Å². The predicted octanol–water partition coefficient (Wildman–Crippen LogP) is 2.19. The van der Waals surface area contributed by atoms with Crippen LogP contribution in [0.25, 0.3) is 0 Å². The molecule has 6 heteroatoms. The van der Waals surface area contributed by atoms with Gasteiger partial charge in [0.05, 0.1) is 6.04 Å². The van der Waals surface area contributed by atoms with Gasteiger partial charge in [0.1, 0.15) is 5.82 Å². The zero-order valence-electron chi connectivity index (χ0n) is 12.1. The summed E-state index contributed by atoms with van der Waals surface area (Å²) >= 11 is 0. The normalized spacial score (nSPS) is 12.6. The Bertz CT molecular complexity index is 588. The van der Waals surface area contributed by atoms with E-state index in [0.717, 1.165) is 12.2 Å². The zero-order valence-corrected chi connectivity index (χ0v) is 12.1. The number of hydrogen-bond acceptors (Lipinski definition) is 4. The number of imidazole rings is 1. The minimum Gasteiger partial charge on any atom is -0.356 e. The Balaban J connectivity index is 2.23. The van der Waals surface area contributed by atoms with Crippen molar-refractivity contribution in [3.05, 3.63) is 41.0 Å². The third-order valence-electron chi connectivity index (χ3n) is 3.04. The standard InChI is InChI=1S/C14H21N5O/c1-4-11(12-15-5-6-16-12)18-13-14(20)19(8-7-17-13)9-10(2)3/h5-8,10-11H,4,9H2,1-3H3,(H,15,16)(H,17,18). The molecule has 2 heterocycles. The highest BCUT2D eigenvalue weighted by atomic mass is 16.1. The van der Waals surface area contributed by atoms with Gasteiger partial charge in [-0.3, -0.25) is 4.79 Å². The van der Waals surface area contributed by atoms with Crippen molar-refractivity contribution in [1.82, 2.24) is 19.5 Å². The van der Waals surface area contributed by atoms with Crippen LogP contribution in [0.1, 0.15) is 39.1 Å². The lowest BCUT2D eigenvalue weighted by Gasteiger charge is -2.16. The van der Waals surface area contributed by atoms with Crippen molar-refractivity contribution in [2.45, 2.75) is 39.8 Å². The fourth-order valence-electron chi connectivity index (χ4n) is 2.08. The first-order valence-electron chi connectivity index (χ1n) is 6.93. The van der Waals surface area contributed by atoms with Crippen molar-refractivity contribution in [3.8, 4) is 0 Å². The van der Waals surface area contributed by atoms with Gasteiger partial charge in [-0.15, -0.1) is 0 Å². The number of H-pyrrole nitrogens is 1. The Morgan fingerprint density at radius 2 is 2.15 bits per heavy atom. The number of aromatic amines is 1. The molecule has 20 heavy (non-hydrogen) atoms. The summed E-state index contributed by atoms with van der Waals surface area (Å²) in [6, 6.07) is -0.0416. The fraction of sp³-hybridized carbons (Fsp3) is 0.500. The third kappa shape index (κ3) is 3.26. The number of aromatic nitrogens is 4. The summed E-state index contributed by atoms with van der Waals surface area (Å²) in [6.07, 6.45) is 7.67. The monoisotopic (exact) mass is 275 g/mol. The van der Waals surface area contributed by atoms with Crippen LogP contribution in [0, 0.1) is 5.92 Å². The highest BCUT2D eigenvalue weighted by Gasteiger charge is 2.14. The Morgan fingerprint density at radius 1 is 1.35 bits per heavy atom. The average molecular weight is 275 g/mol. The summed E-state index contributed by atoms with van der Waals surface area (Å²) < 4.78 is 1.69. The maximum absolute atomic E-state index is 12.3. The smallest absolute Gasteiger partial charge is 0.293 e. The van der Waals surface area contributed by atoms with Gasteiger partial charge in [0.15, 0.2) is 5.82 Å². The van der Waals surface area contributed by atoms with Crippen LogP contribution in [0.5, 0.6) is 0 Å². The first-order valence-corrected chi connectivity index (χ1v) is 6.93. The molecule has 2 N–H and O–H groups in total. The lowest BCUT2D eigenvalue weighted by molar-refractivity contribution is 0.509. The lowest BCUT2D eigenvalue weighted by atomic mass is 10.2. The van der Waals surface area contributed by atoms with Crippen molar-refractivity contribution in [1.29, 1.82) is 0 Å². The molecule has 0 amide bonds. The lowest BCUT2D eigenvalue weighted by Crippen LogP contribution is -2.27. The van der Waals surface area contributed by atoms with Crippen LogP contribution < -0.4 is 10.9 Å². The molecule has 2 aromatic heterocycles. The Kier molecular flexibility index (Phi) is 4.55. The van der Waals surface area contributed by atoms with E-state index in [0.29, 0.717) is 18.3 Å². The average Bonchev–Trinajstić information content (AvgIpc) is 2.93. The largest absolute Gasteiger partial charge is 0.356 e. The molecule has 0 aromatic carbocycles. The molecule has 0 spiro atoms. The van der Waals surface area contributed by atoms with Gasteiger partial charge in [-0.05, 0) is 12.3 Å². The van der Waals surface area contributed by atoms with Crippen LogP contribution in [0.4, 0.5) is 5.82 Å². The number of anilines is 1. The topological polar surface area (TPSA) is 75.6 Å². The predicted molar refractivity (Wildman–Crippen MR) is 78.6 cm³/mol. The van der Waals surface area contributed by atoms with Gasteiger partial charge in [-0.2, -0.15) is 0 Å². The second kappa shape index (κ2) is 6.36. The molecule has 2 aromatic rings. The van der Waals surface area contributed by atoms with E-state index in [1.54, 1.807) is 29.4 Å². The van der Waals surface area contributed by atoms with Crippen LogP contribution in [-0.2, 0) is 6.54 Å². The molecule has 0 radical (unpaired) electrons. The van der Waals surface area contributed by atoms with Gasteiger partial charge in [-0.25, -0.2) is 9.97 Å². The molecule has 0 saturated heterocycles. The summed E-state index contributed by atoms with van der Waals surface area (Å²) in [5, 5.41) is 3.17. The molecule has 6 nitrogen and oxygen atoms in total. The number of nitrogens with zero attached hydrogens (tertiary/aromatic N) is 3. The van der Waals surface area contributed by atoms with Crippen molar-refractivity contribution in [2.75, 3.05) is 5.32 Å². The molecule has 2 rings (SSSR count). The van der Waals surface area contributed by atoms with Gasteiger partial charge >= 0.3 is 0 Å². The Hall–Kier alpha value is -2.11. The number of nitrogens with one attached hydrogen (secondary N) is 2. The molecule has 0 saturated carbocycles. The maximum Gasteiger partial charge on any atom is 0.293 e. The second-order valence-corrected chi connectivity index (χ2v) is 5.21. The summed E-state index contributed by atoms with van der Waals surface area (Å²) in [6.45, 7) is 6.89. The zero-order chi connectivity index (χ0) is 14.5.